The van der Waals surface area contributed by atoms with Crippen molar-refractivity contribution in [1.29, 1.82) is 0 Å². The van der Waals surface area contributed by atoms with Crippen molar-refractivity contribution in [2.24, 2.45) is 11.3 Å². The Labute approximate surface area is 123 Å². The summed E-state index contributed by atoms with van der Waals surface area (Å²) in [5.74, 6) is 0.127. The van der Waals surface area contributed by atoms with Crippen LogP contribution in [0.25, 0.3) is 0 Å². The van der Waals surface area contributed by atoms with E-state index in [4.69, 9.17) is 4.74 Å². The predicted octanol–water partition coefficient (Wildman–Crippen LogP) is 1.18. The van der Waals surface area contributed by atoms with Gasteiger partial charge in [0, 0.05) is 11.8 Å². The van der Waals surface area contributed by atoms with Crippen molar-refractivity contribution >= 4 is 0 Å². The Kier molecular flexibility index (Phi) is 4.13. The maximum Gasteiger partial charge on any atom is 0.330 e. The van der Waals surface area contributed by atoms with Crippen LogP contribution < -0.4 is 11.2 Å². The summed E-state index contributed by atoms with van der Waals surface area (Å²) >= 11 is 0. The number of aromatic nitrogens is 2. The number of hydrogen-bond acceptors (Lipinski definition) is 4. The molecule has 4 atom stereocenters. The van der Waals surface area contributed by atoms with Crippen LogP contribution in [0.1, 0.15) is 45.9 Å². The van der Waals surface area contributed by atoms with Crippen molar-refractivity contribution < 1.29 is 9.84 Å². The molecule has 0 amide bonds. The molecule has 0 spiro atoms. The second-order valence-corrected chi connectivity index (χ2v) is 6.98. The molecule has 118 valence electrons. The van der Waals surface area contributed by atoms with Crippen molar-refractivity contribution in [3.05, 3.63) is 32.6 Å². The Morgan fingerprint density at radius 1 is 1.43 bits per heavy atom. The summed E-state index contributed by atoms with van der Waals surface area (Å²) in [6, 6.07) is 0. The Hall–Kier alpha value is -1.40. The monoisotopic (exact) mass is 296 g/mol. The van der Waals surface area contributed by atoms with Gasteiger partial charge < -0.3 is 9.84 Å². The number of aryl methyl sites for hydroxylation is 1. The van der Waals surface area contributed by atoms with Gasteiger partial charge in [0.05, 0.1) is 12.2 Å². The maximum atomic E-state index is 12.0. The van der Waals surface area contributed by atoms with Crippen molar-refractivity contribution in [3.63, 3.8) is 0 Å². The van der Waals surface area contributed by atoms with Gasteiger partial charge in [0.25, 0.3) is 5.56 Å². The number of H-pyrrole nitrogens is 1. The second-order valence-electron chi connectivity index (χ2n) is 6.98. The number of aliphatic hydroxyl groups excluding tert-OH is 1. The van der Waals surface area contributed by atoms with E-state index in [9.17, 15) is 14.7 Å². The molecule has 1 saturated heterocycles. The number of aliphatic hydroxyl groups is 1. The average molecular weight is 296 g/mol. The summed E-state index contributed by atoms with van der Waals surface area (Å²) < 4.78 is 7.33. The van der Waals surface area contributed by atoms with Crippen LogP contribution in [0, 0.1) is 18.3 Å². The van der Waals surface area contributed by atoms with Gasteiger partial charge in [0.15, 0.2) is 0 Å². The predicted molar refractivity (Wildman–Crippen MR) is 79.2 cm³/mol. The van der Waals surface area contributed by atoms with Crippen molar-refractivity contribution in [2.45, 2.75) is 59.5 Å². The van der Waals surface area contributed by atoms with Gasteiger partial charge in [-0.2, -0.15) is 0 Å². The van der Waals surface area contributed by atoms with Crippen LogP contribution in [0.2, 0.25) is 0 Å². The molecule has 0 aromatic carbocycles. The average Bonchev–Trinajstić information content (AvgIpc) is 2.78. The second kappa shape index (κ2) is 5.42. The van der Waals surface area contributed by atoms with Gasteiger partial charge in [-0.15, -0.1) is 0 Å². The first kappa shape index (κ1) is 16.0. The lowest BCUT2D eigenvalue weighted by Gasteiger charge is -2.32. The zero-order valence-electron chi connectivity index (χ0n) is 13.2. The van der Waals surface area contributed by atoms with Crippen molar-refractivity contribution in [3.8, 4) is 0 Å². The number of nitrogens with one attached hydrogen (secondary N) is 1. The summed E-state index contributed by atoms with van der Waals surface area (Å²) in [7, 11) is 0. The van der Waals surface area contributed by atoms with E-state index in [0.717, 1.165) is 0 Å². The lowest BCUT2D eigenvalue weighted by molar-refractivity contribution is -0.0738. The van der Waals surface area contributed by atoms with Crippen LogP contribution in [0.3, 0.4) is 0 Å². The molecule has 1 aliphatic rings. The molecule has 1 unspecified atom stereocenters. The van der Waals surface area contributed by atoms with Gasteiger partial charge in [-0.1, -0.05) is 20.8 Å². The normalized spacial score (nSPS) is 27.8. The highest BCUT2D eigenvalue weighted by Gasteiger charge is 2.44. The summed E-state index contributed by atoms with van der Waals surface area (Å²) in [4.78, 5) is 25.7. The molecule has 0 saturated carbocycles. The minimum absolute atomic E-state index is 0.0444. The number of nitrogens with zero attached hydrogens (tertiary/aromatic N) is 1. The third-order valence-electron chi connectivity index (χ3n) is 4.21. The van der Waals surface area contributed by atoms with Gasteiger partial charge >= 0.3 is 5.69 Å². The molecular formula is C15H24N2O4. The molecule has 2 heterocycles. The lowest BCUT2D eigenvalue weighted by atomic mass is 9.75. The third-order valence-corrected chi connectivity index (χ3v) is 4.21. The van der Waals surface area contributed by atoms with Gasteiger partial charge in [0.1, 0.15) is 6.23 Å². The van der Waals surface area contributed by atoms with E-state index in [2.05, 4.69) is 25.8 Å². The Bertz CT molecular complexity index is 624. The third kappa shape index (κ3) is 3.11. The summed E-state index contributed by atoms with van der Waals surface area (Å²) in [5, 5.41) is 9.95. The fraction of sp³-hybridized carbons (Fsp3) is 0.733. The number of aromatic amines is 1. The molecule has 1 fully saturated rings. The van der Waals surface area contributed by atoms with E-state index >= 15 is 0 Å². The summed E-state index contributed by atoms with van der Waals surface area (Å²) in [6.07, 6.45) is 0.755. The van der Waals surface area contributed by atoms with Crippen LogP contribution in [-0.4, -0.2) is 26.9 Å². The number of ether oxygens (including phenoxy) is 1. The Morgan fingerprint density at radius 3 is 2.52 bits per heavy atom. The summed E-state index contributed by atoms with van der Waals surface area (Å²) in [6.45, 7) is 9.64. The van der Waals surface area contributed by atoms with Crippen LogP contribution in [0.15, 0.2) is 15.8 Å². The fourth-order valence-electron chi connectivity index (χ4n) is 2.96. The Morgan fingerprint density at radius 2 is 2.05 bits per heavy atom. The van der Waals surface area contributed by atoms with Gasteiger partial charge in [0.2, 0.25) is 0 Å². The molecule has 0 aliphatic carbocycles. The molecule has 1 aliphatic heterocycles. The van der Waals surface area contributed by atoms with Crippen molar-refractivity contribution in [2.75, 3.05) is 0 Å². The van der Waals surface area contributed by atoms with Crippen LogP contribution >= 0.6 is 0 Å². The first-order chi connectivity index (χ1) is 9.61. The molecule has 6 heteroatoms. The van der Waals surface area contributed by atoms with Gasteiger partial charge in [-0.3, -0.25) is 14.3 Å². The lowest BCUT2D eigenvalue weighted by Crippen LogP contribution is -2.36. The maximum absolute atomic E-state index is 12.0. The van der Waals surface area contributed by atoms with E-state index in [1.165, 1.54) is 10.8 Å². The number of rotatable bonds is 2. The molecular weight excluding hydrogens is 272 g/mol. The topological polar surface area (TPSA) is 84.3 Å². The molecule has 1 aromatic rings. The zero-order valence-corrected chi connectivity index (χ0v) is 13.2. The Balaban J connectivity index is 2.38. The highest BCUT2D eigenvalue weighted by atomic mass is 16.5. The molecule has 6 nitrogen and oxygen atoms in total. The first-order valence-corrected chi connectivity index (χ1v) is 7.27. The van der Waals surface area contributed by atoms with Gasteiger partial charge in [-0.25, -0.2) is 4.79 Å². The van der Waals surface area contributed by atoms with E-state index in [1.807, 2.05) is 0 Å². The van der Waals surface area contributed by atoms with Crippen LogP contribution in [0.4, 0.5) is 0 Å². The highest BCUT2D eigenvalue weighted by Crippen LogP contribution is 2.44. The fourth-order valence-corrected chi connectivity index (χ4v) is 2.96. The molecule has 21 heavy (non-hydrogen) atoms. The van der Waals surface area contributed by atoms with E-state index in [0.29, 0.717) is 12.0 Å². The standard InChI is InChI=1S/C15H24N2O4/c1-8-7-17(14(20)16-13(8)19)11-6-10(15(3,4)5)12(21-11)9(2)18/h7,9-12,18H,6H2,1-5H3,(H,16,19,20)/t9-,10-,11-,12?/m1/s1. The van der Waals surface area contributed by atoms with E-state index in [1.54, 1.807) is 13.8 Å². The zero-order chi connectivity index (χ0) is 15.9. The SMILES string of the molecule is Cc1cn([C@H]2C[C@@H](C(C)(C)C)C([C@@H](C)O)O2)c(=O)[nH]c1=O. The number of hydrogen-bond donors (Lipinski definition) is 2. The van der Waals surface area contributed by atoms with Crippen LogP contribution in [0.5, 0.6) is 0 Å². The smallest absolute Gasteiger partial charge is 0.330 e. The minimum atomic E-state index is -0.612. The van der Waals surface area contributed by atoms with Crippen LogP contribution in [-0.2, 0) is 4.74 Å². The largest absolute Gasteiger partial charge is 0.391 e. The van der Waals surface area contributed by atoms with Crippen molar-refractivity contribution in [1.82, 2.24) is 9.55 Å². The quantitative estimate of drug-likeness (QED) is 0.858. The molecule has 1 aromatic heterocycles. The molecule has 2 rings (SSSR count). The molecule has 0 bridgehead atoms. The van der Waals surface area contributed by atoms with E-state index in [-0.39, 0.29) is 23.0 Å². The molecule has 0 radical (unpaired) electrons. The van der Waals surface area contributed by atoms with E-state index < -0.39 is 18.0 Å². The molecule has 2 N–H and O–H groups in total. The summed E-state index contributed by atoms with van der Waals surface area (Å²) in [5.41, 5.74) is -0.439. The minimum Gasteiger partial charge on any atom is -0.391 e. The first-order valence-electron chi connectivity index (χ1n) is 7.27. The van der Waals surface area contributed by atoms with Gasteiger partial charge in [-0.05, 0) is 31.6 Å². The highest BCUT2D eigenvalue weighted by molar-refractivity contribution is 5.02.